The number of hydrogen-bond donors (Lipinski definition) is 1. The highest BCUT2D eigenvalue weighted by Gasteiger charge is 2.26. The molecule has 7 heteroatoms. The van der Waals surface area contributed by atoms with E-state index >= 15 is 0 Å². The van der Waals surface area contributed by atoms with E-state index in [4.69, 9.17) is 9.47 Å². The molecule has 6 nitrogen and oxygen atoms in total. The topological polar surface area (TPSA) is 58.1 Å². The Kier molecular flexibility index (Phi) is 7.80. The van der Waals surface area contributed by atoms with E-state index in [0.717, 1.165) is 62.9 Å². The van der Waals surface area contributed by atoms with Gasteiger partial charge < -0.3 is 19.5 Å². The van der Waals surface area contributed by atoms with Crippen LogP contribution in [0.25, 0.3) is 0 Å². The van der Waals surface area contributed by atoms with Crippen LogP contribution >= 0.6 is 11.8 Å². The van der Waals surface area contributed by atoms with Crippen molar-refractivity contribution in [3.05, 3.63) is 48.2 Å². The van der Waals surface area contributed by atoms with Crippen LogP contribution in [0.3, 0.4) is 0 Å². The van der Waals surface area contributed by atoms with E-state index in [0.29, 0.717) is 11.5 Å². The molecule has 0 bridgehead atoms. The van der Waals surface area contributed by atoms with Crippen LogP contribution in [-0.2, 0) is 6.54 Å². The Bertz CT molecular complexity index is 930. The first-order chi connectivity index (χ1) is 15.6. The Morgan fingerprint density at radius 1 is 1.09 bits per heavy atom. The average molecular weight is 454 g/mol. The highest BCUT2D eigenvalue weighted by Crippen LogP contribution is 2.29. The van der Waals surface area contributed by atoms with Gasteiger partial charge in [-0.2, -0.15) is 11.8 Å². The second-order valence-electron chi connectivity index (χ2n) is 8.17. The number of pyridine rings is 1. The van der Waals surface area contributed by atoms with Gasteiger partial charge in [0.2, 0.25) is 0 Å². The summed E-state index contributed by atoms with van der Waals surface area (Å²) in [7, 11) is 1.65. The molecule has 170 valence electrons. The molecule has 0 saturated carbocycles. The molecule has 2 aliphatic rings. The van der Waals surface area contributed by atoms with Gasteiger partial charge in [0.05, 0.1) is 7.11 Å². The molecule has 1 N–H and O–H groups in total. The summed E-state index contributed by atoms with van der Waals surface area (Å²) >= 11 is 1.87. The number of methoxy groups -OCH3 is 1. The number of piperazine rings is 1. The van der Waals surface area contributed by atoms with E-state index in [1.54, 1.807) is 7.11 Å². The predicted octanol–water partition coefficient (Wildman–Crippen LogP) is 3.05. The van der Waals surface area contributed by atoms with Crippen LogP contribution in [0.2, 0.25) is 0 Å². The molecule has 0 radical (unpaired) electrons. The van der Waals surface area contributed by atoms with E-state index in [9.17, 15) is 5.11 Å². The molecule has 0 amide bonds. The zero-order chi connectivity index (χ0) is 22.2. The van der Waals surface area contributed by atoms with Crippen molar-refractivity contribution < 1.29 is 14.6 Å². The normalized spacial score (nSPS) is 18.5. The number of rotatable bonds is 6. The third kappa shape index (κ3) is 6.10. The van der Waals surface area contributed by atoms with Gasteiger partial charge in [0.25, 0.3) is 0 Å². The summed E-state index contributed by atoms with van der Waals surface area (Å²) in [6.07, 6.45) is 3.29. The molecule has 0 aliphatic carbocycles. The number of anilines is 1. The van der Waals surface area contributed by atoms with Crippen molar-refractivity contribution in [2.24, 2.45) is 0 Å². The summed E-state index contributed by atoms with van der Waals surface area (Å²) < 4.78 is 11.4. The van der Waals surface area contributed by atoms with E-state index in [1.807, 2.05) is 42.2 Å². The van der Waals surface area contributed by atoms with Crippen LogP contribution in [0, 0.1) is 11.8 Å². The quantitative estimate of drug-likeness (QED) is 0.675. The van der Waals surface area contributed by atoms with Gasteiger partial charge in [-0.05, 0) is 54.2 Å². The minimum absolute atomic E-state index is 0.234. The molecule has 1 aromatic heterocycles. The van der Waals surface area contributed by atoms with E-state index < -0.39 is 5.60 Å². The van der Waals surface area contributed by atoms with Gasteiger partial charge in [-0.25, -0.2) is 4.98 Å². The van der Waals surface area contributed by atoms with Gasteiger partial charge >= 0.3 is 0 Å². The molecule has 2 aliphatic heterocycles. The zero-order valence-corrected chi connectivity index (χ0v) is 19.4. The second kappa shape index (κ2) is 11.0. The van der Waals surface area contributed by atoms with Crippen molar-refractivity contribution >= 4 is 17.6 Å². The van der Waals surface area contributed by atoms with Crippen molar-refractivity contribution in [2.75, 3.05) is 56.3 Å². The lowest BCUT2D eigenvalue weighted by Crippen LogP contribution is -2.46. The molecule has 2 saturated heterocycles. The summed E-state index contributed by atoms with van der Waals surface area (Å²) in [5.74, 6) is 10.4. The van der Waals surface area contributed by atoms with Crippen LogP contribution < -0.4 is 14.4 Å². The lowest BCUT2D eigenvalue weighted by Gasteiger charge is -2.35. The van der Waals surface area contributed by atoms with Gasteiger partial charge in [0.15, 0.2) is 11.5 Å². The summed E-state index contributed by atoms with van der Waals surface area (Å²) in [5, 5.41) is 10.5. The molecule has 1 aromatic carbocycles. The molecule has 2 fully saturated rings. The van der Waals surface area contributed by atoms with Gasteiger partial charge in [-0.15, -0.1) is 0 Å². The Morgan fingerprint density at radius 2 is 1.91 bits per heavy atom. The number of thioether (sulfide) groups is 1. The van der Waals surface area contributed by atoms with Gasteiger partial charge in [-0.1, -0.05) is 24.0 Å². The van der Waals surface area contributed by atoms with Crippen molar-refractivity contribution in [1.29, 1.82) is 0 Å². The minimum Gasteiger partial charge on any atom is -0.493 e. The maximum absolute atomic E-state index is 10.5. The molecular weight excluding hydrogens is 422 g/mol. The fourth-order valence-corrected chi connectivity index (χ4v) is 5.18. The first kappa shape index (κ1) is 22.8. The number of aliphatic hydroxyl groups is 1. The number of benzene rings is 1. The lowest BCUT2D eigenvalue weighted by atomic mass is 9.98. The number of hydrogen-bond acceptors (Lipinski definition) is 7. The fraction of sp³-hybridized carbons (Fsp3) is 0.480. The molecule has 32 heavy (non-hydrogen) atoms. The highest BCUT2D eigenvalue weighted by atomic mass is 32.2. The molecule has 0 atom stereocenters. The number of nitrogens with zero attached hydrogens (tertiary/aromatic N) is 3. The SMILES string of the molecule is COc1ccc(CN2CCN(c3ccccn3)CC2)cc1OCC#CC1(O)CCSCC1. The van der Waals surface area contributed by atoms with Gasteiger partial charge in [-0.3, -0.25) is 4.90 Å². The molecule has 2 aromatic rings. The average Bonchev–Trinajstić information content (AvgIpc) is 2.83. The smallest absolute Gasteiger partial charge is 0.162 e. The van der Waals surface area contributed by atoms with Crippen LogP contribution in [-0.4, -0.2) is 72.0 Å². The van der Waals surface area contributed by atoms with Crippen molar-refractivity contribution in [3.63, 3.8) is 0 Å². The number of aromatic nitrogens is 1. The molecule has 4 rings (SSSR count). The first-order valence-electron chi connectivity index (χ1n) is 11.1. The minimum atomic E-state index is -0.863. The van der Waals surface area contributed by atoms with Crippen molar-refractivity contribution in [3.8, 4) is 23.3 Å². The van der Waals surface area contributed by atoms with Crippen LogP contribution in [0.4, 0.5) is 5.82 Å². The monoisotopic (exact) mass is 453 g/mol. The molecular formula is C25H31N3O3S. The Morgan fingerprint density at radius 3 is 2.62 bits per heavy atom. The summed E-state index contributed by atoms with van der Waals surface area (Å²) in [4.78, 5) is 9.24. The van der Waals surface area contributed by atoms with Crippen LogP contribution in [0.15, 0.2) is 42.6 Å². The molecule has 0 unspecified atom stereocenters. The van der Waals surface area contributed by atoms with Crippen LogP contribution in [0.1, 0.15) is 18.4 Å². The van der Waals surface area contributed by atoms with Gasteiger partial charge in [0.1, 0.15) is 18.0 Å². The third-order valence-electron chi connectivity index (χ3n) is 5.92. The molecule has 3 heterocycles. The second-order valence-corrected chi connectivity index (χ2v) is 9.40. The standard InChI is InChI=1S/C25H31N3O3S/c1-30-22-7-6-21(19-23(22)31-16-4-8-25(29)9-17-32-18-10-25)20-27-12-14-28(15-13-27)24-5-2-3-11-26-24/h2-3,5-7,11,19,29H,9-10,12-18,20H2,1H3. The first-order valence-corrected chi connectivity index (χ1v) is 12.3. The summed E-state index contributed by atoms with van der Waals surface area (Å²) in [5.41, 5.74) is 0.320. The number of ether oxygens (including phenoxy) is 2. The predicted molar refractivity (Wildman–Crippen MR) is 130 cm³/mol. The van der Waals surface area contributed by atoms with Crippen molar-refractivity contribution in [2.45, 2.75) is 25.0 Å². The largest absolute Gasteiger partial charge is 0.493 e. The van der Waals surface area contributed by atoms with E-state index in [2.05, 4.69) is 38.8 Å². The van der Waals surface area contributed by atoms with Crippen LogP contribution in [0.5, 0.6) is 11.5 Å². The third-order valence-corrected chi connectivity index (χ3v) is 6.91. The molecule has 0 spiro atoms. The maximum atomic E-state index is 10.5. The van der Waals surface area contributed by atoms with Gasteiger partial charge in [0, 0.05) is 38.9 Å². The van der Waals surface area contributed by atoms with Crippen molar-refractivity contribution in [1.82, 2.24) is 9.88 Å². The van der Waals surface area contributed by atoms with E-state index in [-0.39, 0.29) is 6.61 Å². The highest BCUT2D eigenvalue weighted by molar-refractivity contribution is 7.99. The zero-order valence-electron chi connectivity index (χ0n) is 18.6. The summed E-state index contributed by atoms with van der Waals surface area (Å²) in [6, 6.07) is 12.1. The Labute approximate surface area is 194 Å². The van der Waals surface area contributed by atoms with E-state index in [1.165, 1.54) is 5.56 Å². The fourth-order valence-electron chi connectivity index (χ4n) is 4.01. The summed E-state index contributed by atoms with van der Waals surface area (Å²) in [6.45, 7) is 5.00. The Hall–Kier alpha value is -2.40. The Balaban J connectivity index is 1.32. The lowest BCUT2D eigenvalue weighted by molar-refractivity contribution is 0.0925. The maximum Gasteiger partial charge on any atom is 0.162 e.